The number of pyridine rings is 1. The van der Waals surface area contributed by atoms with Crippen molar-refractivity contribution in [2.45, 2.75) is 13.0 Å². The average molecular weight is 363 g/mol. The summed E-state index contributed by atoms with van der Waals surface area (Å²) in [5.74, 6) is 1.17. The molecule has 1 aromatic carbocycles. The summed E-state index contributed by atoms with van der Waals surface area (Å²) in [5.41, 5.74) is 2.47. The summed E-state index contributed by atoms with van der Waals surface area (Å²) in [7, 11) is 1.63. The first-order valence-electron chi connectivity index (χ1n) is 8.62. The highest BCUT2D eigenvalue weighted by Crippen LogP contribution is 2.12. The quantitative estimate of drug-likeness (QED) is 0.639. The number of hydrogen-bond donors (Lipinski definition) is 2. The molecular weight excluding hydrogens is 342 g/mol. The van der Waals surface area contributed by atoms with Crippen LogP contribution in [0.1, 0.15) is 21.6 Å². The molecule has 7 nitrogen and oxygen atoms in total. The minimum Gasteiger partial charge on any atom is -0.497 e. The molecule has 0 aliphatic carbocycles. The van der Waals surface area contributed by atoms with Crippen molar-refractivity contribution in [1.29, 1.82) is 0 Å². The monoisotopic (exact) mass is 363 g/mol. The number of ether oxygens (including phenoxy) is 1. The lowest BCUT2D eigenvalue weighted by Crippen LogP contribution is -2.26. The third-order valence-electron chi connectivity index (χ3n) is 3.95. The maximum Gasteiger partial charge on any atom is 0.271 e. The van der Waals surface area contributed by atoms with E-state index in [1.165, 1.54) is 0 Å². The molecule has 0 saturated heterocycles. The van der Waals surface area contributed by atoms with Crippen molar-refractivity contribution in [3.63, 3.8) is 0 Å². The van der Waals surface area contributed by atoms with Crippen LogP contribution < -0.4 is 15.4 Å². The lowest BCUT2D eigenvalue weighted by Gasteiger charge is -2.07. The summed E-state index contributed by atoms with van der Waals surface area (Å²) in [6.07, 6.45) is 4.19. The maximum atomic E-state index is 12.2. The number of nitrogens with one attached hydrogen (secondary N) is 2. The summed E-state index contributed by atoms with van der Waals surface area (Å²) in [5, 5.41) is 14.0. The highest BCUT2D eigenvalue weighted by Gasteiger charge is 2.08. The largest absolute Gasteiger partial charge is 0.497 e. The molecule has 0 aliphatic rings. The Bertz CT molecular complexity index is 869. The van der Waals surface area contributed by atoms with Crippen molar-refractivity contribution >= 4 is 11.7 Å². The highest BCUT2D eigenvalue weighted by atomic mass is 16.5. The number of anilines is 1. The Morgan fingerprint density at radius 2 is 1.89 bits per heavy atom. The third kappa shape index (κ3) is 5.50. The number of hydrogen-bond acceptors (Lipinski definition) is 6. The molecule has 0 saturated carbocycles. The smallest absolute Gasteiger partial charge is 0.271 e. The van der Waals surface area contributed by atoms with Crippen molar-refractivity contribution in [3.8, 4) is 5.75 Å². The van der Waals surface area contributed by atoms with E-state index in [-0.39, 0.29) is 11.6 Å². The number of nitrogens with zero attached hydrogens (tertiary/aromatic N) is 3. The number of carbonyl (C=O) groups is 1. The van der Waals surface area contributed by atoms with Gasteiger partial charge in [0.15, 0.2) is 5.69 Å². The number of aromatic nitrogens is 3. The van der Waals surface area contributed by atoms with E-state index in [2.05, 4.69) is 25.8 Å². The fraction of sp³-hybridized carbons (Fsp3) is 0.200. The van der Waals surface area contributed by atoms with Crippen molar-refractivity contribution in [1.82, 2.24) is 20.5 Å². The van der Waals surface area contributed by atoms with Crippen LogP contribution in [0.15, 0.2) is 60.9 Å². The van der Waals surface area contributed by atoms with Crippen LogP contribution >= 0.6 is 0 Å². The first kappa shape index (κ1) is 18.3. The van der Waals surface area contributed by atoms with E-state index < -0.39 is 0 Å². The second-order valence-corrected chi connectivity index (χ2v) is 5.87. The first-order valence-corrected chi connectivity index (χ1v) is 8.62. The molecule has 2 heterocycles. The Morgan fingerprint density at radius 1 is 1.04 bits per heavy atom. The predicted molar refractivity (Wildman–Crippen MR) is 103 cm³/mol. The molecule has 27 heavy (non-hydrogen) atoms. The van der Waals surface area contributed by atoms with Gasteiger partial charge in [-0.05, 0) is 53.9 Å². The fourth-order valence-electron chi connectivity index (χ4n) is 2.48. The molecule has 2 aromatic heterocycles. The summed E-state index contributed by atoms with van der Waals surface area (Å²) in [4.78, 5) is 16.2. The van der Waals surface area contributed by atoms with Gasteiger partial charge in [0.1, 0.15) is 11.6 Å². The van der Waals surface area contributed by atoms with Gasteiger partial charge in [0.2, 0.25) is 0 Å². The van der Waals surface area contributed by atoms with Crippen LogP contribution in [0.4, 0.5) is 5.82 Å². The van der Waals surface area contributed by atoms with Crippen LogP contribution in [0.3, 0.4) is 0 Å². The lowest BCUT2D eigenvalue weighted by molar-refractivity contribution is 0.0948. The van der Waals surface area contributed by atoms with Crippen molar-refractivity contribution in [3.05, 3.63) is 77.7 Å². The third-order valence-corrected chi connectivity index (χ3v) is 3.95. The molecule has 3 rings (SSSR count). The second-order valence-electron chi connectivity index (χ2n) is 5.87. The Kier molecular flexibility index (Phi) is 6.30. The Hall–Kier alpha value is -3.48. The van der Waals surface area contributed by atoms with Gasteiger partial charge in [-0.15, -0.1) is 10.2 Å². The van der Waals surface area contributed by atoms with Crippen LogP contribution in [-0.4, -0.2) is 34.7 Å². The highest BCUT2D eigenvalue weighted by molar-refractivity contribution is 5.92. The molecule has 0 aliphatic heterocycles. The van der Waals surface area contributed by atoms with Crippen molar-refractivity contribution in [2.75, 3.05) is 19.0 Å². The zero-order valence-corrected chi connectivity index (χ0v) is 15.1. The van der Waals surface area contributed by atoms with Gasteiger partial charge in [0, 0.05) is 25.5 Å². The predicted octanol–water partition coefficient (Wildman–Crippen LogP) is 2.46. The SMILES string of the molecule is COc1cccc(CCNC(=O)c2ccc(NCc3ccncc3)nn2)c1. The normalized spacial score (nSPS) is 10.3. The van der Waals surface area contributed by atoms with Crippen LogP contribution in [0.25, 0.3) is 0 Å². The van der Waals surface area contributed by atoms with Gasteiger partial charge in [0.05, 0.1) is 7.11 Å². The first-order chi connectivity index (χ1) is 13.2. The Morgan fingerprint density at radius 3 is 2.63 bits per heavy atom. The van der Waals surface area contributed by atoms with E-state index in [9.17, 15) is 4.79 Å². The average Bonchev–Trinajstić information content (AvgIpc) is 2.73. The number of benzene rings is 1. The minimum atomic E-state index is -0.244. The van der Waals surface area contributed by atoms with E-state index in [0.717, 1.165) is 16.9 Å². The van der Waals surface area contributed by atoms with E-state index in [0.29, 0.717) is 25.3 Å². The molecule has 3 aromatic rings. The molecular formula is C20H21N5O2. The van der Waals surface area contributed by atoms with E-state index in [1.54, 1.807) is 31.6 Å². The fourth-order valence-corrected chi connectivity index (χ4v) is 2.48. The van der Waals surface area contributed by atoms with Crippen LogP contribution in [0.2, 0.25) is 0 Å². The van der Waals surface area contributed by atoms with E-state index >= 15 is 0 Å². The second kappa shape index (κ2) is 9.28. The number of rotatable bonds is 8. The standard InChI is InChI=1S/C20H21N5O2/c1-27-17-4-2-3-15(13-17)9-12-22-20(26)18-5-6-19(25-24-18)23-14-16-7-10-21-11-8-16/h2-8,10-11,13H,9,12,14H2,1H3,(H,22,26)(H,23,25). The number of methoxy groups -OCH3 is 1. The number of carbonyl (C=O) groups excluding carboxylic acids is 1. The molecule has 0 atom stereocenters. The van der Waals surface area contributed by atoms with Gasteiger partial charge in [-0.25, -0.2) is 0 Å². The van der Waals surface area contributed by atoms with Gasteiger partial charge in [0.25, 0.3) is 5.91 Å². The molecule has 0 spiro atoms. The van der Waals surface area contributed by atoms with Crippen molar-refractivity contribution < 1.29 is 9.53 Å². The van der Waals surface area contributed by atoms with Crippen molar-refractivity contribution in [2.24, 2.45) is 0 Å². The molecule has 0 radical (unpaired) electrons. The van der Waals surface area contributed by atoms with Crippen LogP contribution in [0, 0.1) is 0 Å². The van der Waals surface area contributed by atoms with Gasteiger partial charge < -0.3 is 15.4 Å². The Balaban J connectivity index is 1.47. The molecule has 0 unspecified atom stereocenters. The van der Waals surface area contributed by atoms with Gasteiger partial charge in [-0.1, -0.05) is 12.1 Å². The lowest BCUT2D eigenvalue weighted by atomic mass is 10.1. The summed E-state index contributed by atoms with van der Waals surface area (Å²) in [6.45, 7) is 1.12. The van der Waals surface area contributed by atoms with Gasteiger partial charge in [-0.2, -0.15) is 0 Å². The van der Waals surface area contributed by atoms with Crippen LogP contribution in [-0.2, 0) is 13.0 Å². The molecule has 0 fully saturated rings. The molecule has 2 N–H and O–H groups in total. The van der Waals surface area contributed by atoms with E-state index in [4.69, 9.17) is 4.74 Å². The molecule has 7 heteroatoms. The van der Waals surface area contributed by atoms with E-state index in [1.807, 2.05) is 36.4 Å². The molecule has 138 valence electrons. The minimum absolute atomic E-state index is 0.244. The molecule has 0 bridgehead atoms. The molecule has 1 amide bonds. The topological polar surface area (TPSA) is 89.0 Å². The van der Waals surface area contributed by atoms with Gasteiger partial charge in [-0.3, -0.25) is 9.78 Å². The zero-order chi connectivity index (χ0) is 18.9. The summed E-state index contributed by atoms with van der Waals surface area (Å²) < 4.78 is 5.20. The van der Waals surface area contributed by atoms with Crippen LogP contribution in [0.5, 0.6) is 5.75 Å². The van der Waals surface area contributed by atoms with Gasteiger partial charge >= 0.3 is 0 Å². The maximum absolute atomic E-state index is 12.2. The number of amides is 1. The zero-order valence-electron chi connectivity index (χ0n) is 15.1. The summed E-state index contributed by atoms with van der Waals surface area (Å²) >= 11 is 0. The summed E-state index contributed by atoms with van der Waals surface area (Å²) in [6, 6.07) is 15.0. The Labute approximate surface area is 157 Å².